The highest BCUT2D eigenvalue weighted by Crippen LogP contribution is 2.17. The van der Waals surface area contributed by atoms with Gasteiger partial charge in [0.25, 0.3) is 5.91 Å². The van der Waals surface area contributed by atoms with Crippen molar-refractivity contribution in [3.8, 4) is 0 Å². The van der Waals surface area contributed by atoms with Crippen molar-refractivity contribution in [3.63, 3.8) is 0 Å². The standard InChI is InChI=1S/C19H16N4O3/c1-26-18(25)15-9-5-6-10-16(15)23-17(24)13-11-20-19(21-12-13)22-14-7-3-2-4-8-14/h2-12H,1H3,(H,23,24)(H,20,21,22). The summed E-state index contributed by atoms with van der Waals surface area (Å²) < 4.78 is 4.71. The number of para-hydroxylation sites is 2. The van der Waals surface area contributed by atoms with Gasteiger partial charge in [-0.25, -0.2) is 14.8 Å². The molecule has 1 heterocycles. The first-order valence-electron chi connectivity index (χ1n) is 7.80. The van der Waals surface area contributed by atoms with Crippen molar-refractivity contribution >= 4 is 29.2 Å². The molecule has 0 radical (unpaired) electrons. The smallest absolute Gasteiger partial charge is 0.339 e. The van der Waals surface area contributed by atoms with Gasteiger partial charge in [-0.05, 0) is 24.3 Å². The quantitative estimate of drug-likeness (QED) is 0.688. The third-order valence-electron chi connectivity index (χ3n) is 3.52. The monoisotopic (exact) mass is 348 g/mol. The number of esters is 1. The molecule has 0 spiro atoms. The Balaban J connectivity index is 1.72. The van der Waals surface area contributed by atoms with Crippen LogP contribution in [0.4, 0.5) is 17.3 Å². The topological polar surface area (TPSA) is 93.2 Å². The number of hydrogen-bond acceptors (Lipinski definition) is 6. The Kier molecular flexibility index (Phi) is 5.19. The van der Waals surface area contributed by atoms with Crippen molar-refractivity contribution < 1.29 is 14.3 Å². The number of rotatable bonds is 5. The van der Waals surface area contributed by atoms with E-state index in [1.807, 2.05) is 30.3 Å². The molecule has 0 saturated carbocycles. The molecule has 0 fully saturated rings. The van der Waals surface area contributed by atoms with Gasteiger partial charge in [0, 0.05) is 18.1 Å². The van der Waals surface area contributed by atoms with Crippen LogP contribution in [0.2, 0.25) is 0 Å². The third kappa shape index (κ3) is 4.02. The highest BCUT2D eigenvalue weighted by molar-refractivity contribution is 6.07. The second kappa shape index (κ2) is 7.89. The number of carbonyl (C=O) groups is 2. The van der Waals surface area contributed by atoms with E-state index in [4.69, 9.17) is 4.74 Å². The number of carbonyl (C=O) groups excluding carboxylic acids is 2. The van der Waals surface area contributed by atoms with E-state index in [0.29, 0.717) is 11.6 Å². The van der Waals surface area contributed by atoms with E-state index in [2.05, 4.69) is 20.6 Å². The van der Waals surface area contributed by atoms with E-state index in [9.17, 15) is 9.59 Å². The van der Waals surface area contributed by atoms with E-state index < -0.39 is 11.9 Å². The summed E-state index contributed by atoms with van der Waals surface area (Å²) in [5, 5.41) is 5.71. The van der Waals surface area contributed by atoms with Crippen molar-refractivity contribution in [2.45, 2.75) is 0 Å². The minimum Gasteiger partial charge on any atom is -0.465 e. The molecule has 130 valence electrons. The number of ether oxygens (including phenoxy) is 1. The van der Waals surface area contributed by atoms with Crippen molar-refractivity contribution in [2.75, 3.05) is 17.7 Å². The predicted molar refractivity (Wildman–Crippen MR) is 97.5 cm³/mol. The highest BCUT2D eigenvalue weighted by Gasteiger charge is 2.14. The molecule has 0 bridgehead atoms. The van der Waals surface area contributed by atoms with Gasteiger partial charge < -0.3 is 15.4 Å². The molecule has 1 amide bonds. The van der Waals surface area contributed by atoms with Crippen LogP contribution in [0, 0.1) is 0 Å². The van der Waals surface area contributed by atoms with Gasteiger partial charge in [0.1, 0.15) is 0 Å². The molecular weight excluding hydrogens is 332 g/mol. The molecule has 1 aromatic heterocycles. The van der Waals surface area contributed by atoms with E-state index in [0.717, 1.165) is 5.69 Å². The van der Waals surface area contributed by atoms with Gasteiger partial charge in [-0.3, -0.25) is 4.79 Å². The van der Waals surface area contributed by atoms with Crippen LogP contribution in [-0.2, 0) is 4.74 Å². The van der Waals surface area contributed by atoms with Gasteiger partial charge in [-0.1, -0.05) is 30.3 Å². The molecule has 0 aliphatic carbocycles. The molecule has 0 aliphatic heterocycles. The fraction of sp³-hybridized carbons (Fsp3) is 0.0526. The maximum Gasteiger partial charge on any atom is 0.339 e. The predicted octanol–water partition coefficient (Wildman–Crippen LogP) is 3.26. The van der Waals surface area contributed by atoms with E-state index in [-0.39, 0.29) is 11.1 Å². The molecule has 0 atom stereocenters. The minimum atomic E-state index is -0.528. The van der Waals surface area contributed by atoms with Crippen LogP contribution in [0.15, 0.2) is 67.0 Å². The van der Waals surface area contributed by atoms with Gasteiger partial charge >= 0.3 is 5.97 Å². The lowest BCUT2D eigenvalue weighted by Crippen LogP contribution is -2.16. The summed E-state index contributed by atoms with van der Waals surface area (Å²) in [5.41, 5.74) is 1.74. The Morgan fingerprint density at radius 1 is 0.923 bits per heavy atom. The lowest BCUT2D eigenvalue weighted by atomic mass is 10.1. The second-order valence-electron chi connectivity index (χ2n) is 5.28. The number of methoxy groups -OCH3 is 1. The molecule has 26 heavy (non-hydrogen) atoms. The molecule has 7 heteroatoms. The summed E-state index contributed by atoms with van der Waals surface area (Å²) in [5.74, 6) is -0.574. The zero-order chi connectivity index (χ0) is 18.4. The maximum absolute atomic E-state index is 12.4. The van der Waals surface area contributed by atoms with E-state index in [1.54, 1.807) is 24.3 Å². The van der Waals surface area contributed by atoms with Gasteiger partial charge in [-0.15, -0.1) is 0 Å². The fourth-order valence-electron chi connectivity index (χ4n) is 2.23. The van der Waals surface area contributed by atoms with Crippen LogP contribution >= 0.6 is 0 Å². The van der Waals surface area contributed by atoms with E-state index in [1.165, 1.54) is 19.5 Å². The van der Waals surface area contributed by atoms with Crippen LogP contribution in [0.25, 0.3) is 0 Å². The Morgan fingerprint density at radius 3 is 2.27 bits per heavy atom. The Bertz CT molecular complexity index is 912. The summed E-state index contributed by atoms with van der Waals surface area (Å²) in [7, 11) is 1.28. The second-order valence-corrected chi connectivity index (χ2v) is 5.28. The molecule has 2 aromatic carbocycles. The van der Waals surface area contributed by atoms with Crippen LogP contribution in [0.5, 0.6) is 0 Å². The number of amides is 1. The highest BCUT2D eigenvalue weighted by atomic mass is 16.5. The molecule has 0 unspecified atom stereocenters. The summed E-state index contributed by atoms with van der Waals surface area (Å²) >= 11 is 0. The molecule has 3 rings (SSSR count). The van der Waals surface area contributed by atoms with Crippen LogP contribution in [-0.4, -0.2) is 29.0 Å². The van der Waals surface area contributed by atoms with Gasteiger partial charge in [0.2, 0.25) is 5.95 Å². The summed E-state index contributed by atoms with van der Waals surface area (Å²) in [6.07, 6.45) is 2.82. The zero-order valence-electron chi connectivity index (χ0n) is 14.0. The van der Waals surface area contributed by atoms with Crippen LogP contribution < -0.4 is 10.6 Å². The minimum absolute atomic E-state index is 0.267. The lowest BCUT2D eigenvalue weighted by Gasteiger charge is -2.09. The first-order valence-corrected chi connectivity index (χ1v) is 7.80. The number of aromatic nitrogens is 2. The Hall–Kier alpha value is -3.74. The largest absolute Gasteiger partial charge is 0.465 e. The summed E-state index contributed by atoms with van der Waals surface area (Å²) in [6.45, 7) is 0. The first-order chi connectivity index (χ1) is 12.7. The van der Waals surface area contributed by atoms with Crippen LogP contribution in [0.3, 0.4) is 0 Å². The van der Waals surface area contributed by atoms with E-state index >= 15 is 0 Å². The molecule has 3 aromatic rings. The number of nitrogens with one attached hydrogen (secondary N) is 2. The normalized spacial score (nSPS) is 10.0. The average molecular weight is 348 g/mol. The lowest BCUT2D eigenvalue weighted by molar-refractivity contribution is 0.0602. The first kappa shape index (κ1) is 17.1. The third-order valence-corrected chi connectivity index (χ3v) is 3.52. The van der Waals surface area contributed by atoms with Crippen molar-refractivity contribution in [1.82, 2.24) is 9.97 Å². The zero-order valence-corrected chi connectivity index (χ0v) is 14.0. The molecule has 0 aliphatic rings. The molecular formula is C19H16N4O3. The summed E-state index contributed by atoms with van der Waals surface area (Å²) in [6, 6.07) is 16.1. The summed E-state index contributed by atoms with van der Waals surface area (Å²) in [4.78, 5) is 32.4. The Morgan fingerprint density at radius 2 is 1.58 bits per heavy atom. The molecule has 7 nitrogen and oxygen atoms in total. The van der Waals surface area contributed by atoms with Gasteiger partial charge in [0.15, 0.2) is 0 Å². The fourth-order valence-corrected chi connectivity index (χ4v) is 2.23. The van der Waals surface area contributed by atoms with Crippen molar-refractivity contribution in [1.29, 1.82) is 0 Å². The number of nitrogens with zero attached hydrogens (tertiary/aromatic N) is 2. The number of anilines is 3. The van der Waals surface area contributed by atoms with Gasteiger partial charge in [0.05, 0.1) is 23.9 Å². The maximum atomic E-state index is 12.4. The SMILES string of the molecule is COC(=O)c1ccccc1NC(=O)c1cnc(Nc2ccccc2)nc1. The van der Waals surface area contributed by atoms with Crippen LogP contribution in [0.1, 0.15) is 20.7 Å². The molecule has 2 N–H and O–H groups in total. The number of hydrogen-bond donors (Lipinski definition) is 2. The van der Waals surface area contributed by atoms with Gasteiger partial charge in [-0.2, -0.15) is 0 Å². The molecule has 0 saturated heterocycles. The number of benzene rings is 2. The average Bonchev–Trinajstić information content (AvgIpc) is 2.69. The van der Waals surface area contributed by atoms with Crippen molar-refractivity contribution in [3.05, 3.63) is 78.1 Å². The Labute approximate surface area is 150 Å². The van der Waals surface area contributed by atoms with Crippen molar-refractivity contribution in [2.24, 2.45) is 0 Å².